The molecule has 2 rings (SSSR count). The van der Waals surface area contributed by atoms with Crippen LogP contribution in [0.25, 0.3) is 0 Å². The van der Waals surface area contributed by atoms with Crippen LogP contribution in [-0.4, -0.2) is 44.0 Å². The predicted molar refractivity (Wildman–Crippen MR) is 80.7 cm³/mol. The Labute approximate surface area is 124 Å². The van der Waals surface area contributed by atoms with Gasteiger partial charge in [0.15, 0.2) is 0 Å². The van der Waals surface area contributed by atoms with E-state index in [2.05, 4.69) is 15.8 Å². The zero-order chi connectivity index (χ0) is 15.1. The number of carboxylic acid groups (broad SMARTS) is 1. The molecule has 1 aliphatic heterocycles. The molecule has 0 bridgehead atoms. The average Bonchev–Trinajstić information content (AvgIpc) is 2.52. The number of rotatable bonds is 6. The Kier molecular flexibility index (Phi) is 5.57. The smallest absolute Gasteiger partial charge is 0.307 e. The zero-order valence-corrected chi connectivity index (χ0v) is 12.1. The standard InChI is InChI=1S/C15H21N3O3/c1-21-14-5-3-2-4-12(14)10-18-17-8-11-6-13(15(19)20)9-16-7-11/h2-5,10-11,13,16-17H,6-9H2,1H3,(H,19,20)/b18-10+/t11-,13+/m0/s1. The van der Waals surface area contributed by atoms with E-state index in [0.717, 1.165) is 17.9 Å². The SMILES string of the molecule is COc1ccccc1/C=N/NC[C@@H]1CNC[C@H](C(=O)O)C1. The van der Waals surface area contributed by atoms with Crippen LogP contribution in [0.5, 0.6) is 5.75 Å². The number of nitrogens with one attached hydrogen (secondary N) is 2. The van der Waals surface area contributed by atoms with Crippen molar-refractivity contribution in [3.8, 4) is 5.75 Å². The van der Waals surface area contributed by atoms with Gasteiger partial charge in [-0.25, -0.2) is 0 Å². The molecule has 0 radical (unpaired) electrons. The van der Waals surface area contributed by atoms with Gasteiger partial charge in [-0.05, 0) is 31.0 Å². The summed E-state index contributed by atoms with van der Waals surface area (Å²) in [5, 5.41) is 16.4. The highest BCUT2D eigenvalue weighted by Gasteiger charge is 2.26. The highest BCUT2D eigenvalue weighted by molar-refractivity contribution is 5.83. The lowest BCUT2D eigenvalue weighted by atomic mass is 9.91. The summed E-state index contributed by atoms with van der Waals surface area (Å²) in [4.78, 5) is 11.0. The third-order valence-corrected chi connectivity index (χ3v) is 3.60. The van der Waals surface area contributed by atoms with E-state index >= 15 is 0 Å². The van der Waals surface area contributed by atoms with Crippen LogP contribution in [0.4, 0.5) is 0 Å². The lowest BCUT2D eigenvalue weighted by Gasteiger charge is -2.27. The van der Waals surface area contributed by atoms with Crippen LogP contribution in [0.1, 0.15) is 12.0 Å². The van der Waals surface area contributed by atoms with E-state index in [0.29, 0.717) is 19.5 Å². The molecule has 6 nitrogen and oxygen atoms in total. The van der Waals surface area contributed by atoms with Crippen molar-refractivity contribution < 1.29 is 14.6 Å². The monoisotopic (exact) mass is 291 g/mol. The van der Waals surface area contributed by atoms with Crippen molar-refractivity contribution in [3.05, 3.63) is 29.8 Å². The number of methoxy groups -OCH3 is 1. The Morgan fingerprint density at radius 2 is 2.33 bits per heavy atom. The topological polar surface area (TPSA) is 83.0 Å². The van der Waals surface area contributed by atoms with Crippen LogP contribution in [0.2, 0.25) is 0 Å². The van der Waals surface area contributed by atoms with Crippen molar-refractivity contribution in [1.82, 2.24) is 10.7 Å². The second-order valence-corrected chi connectivity index (χ2v) is 5.16. The Balaban J connectivity index is 1.81. The van der Waals surface area contributed by atoms with Crippen LogP contribution in [0.3, 0.4) is 0 Å². The average molecular weight is 291 g/mol. The summed E-state index contributed by atoms with van der Waals surface area (Å²) in [6.07, 6.45) is 2.39. The van der Waals surface area contributed by atoms with E-state index in [9.17, 15) is 4.79 Å². The first-order chi connectivity index (χ1) is 10.2. The van der Waals surface area contributed by atoms with Gasteiger partial charge < -0.3 is 20.6 Å². The van der Waals surface area contributed by atoms with Crippen LogP contribution in [0, 0.1) is 11.8 Å². The highest BCUT2D eigenvalue weighted by atomic mass is 16.5. The number of aliphatic carboxylic acids is 1. The van der Waals surface area contributed by atoms with Gasteiger partial charge in [-0.1, -0.05) is 12.1 Å². The fraction of sp³-hybridized carbons (Fsp3) is 0.467. The van der Waals surface area contributed by atoms with Crippen molar-refractivity contribution in [2.24, 2.45) is 16.9 Å². The van der Waals surface area contributed by atoms with E-state index in [-0.39, 0.29) is 11.8 Å². The molecule has 1 aromatic rings. The molecule has 114 valence electrons. The molecule has 1 fully saturated rings. The minimum atomic E-state index is -0.732. The molecule has 0 spiro atoms. The van der Waals surface area contributed by atoms with Crippen LogP contribution >= 0.6 is 0 Å². The molecular weight excluding hydrogens is 270 g/mol. The Morgan fingerprint density at radius 1 is 1.52 bits per heavy atom. The molecule has 1 aromatic carbocycles. The molecule has 1 aliphatic rings. The number of hydrogen-bond donors (Lipinski definition) is 3. The largest absolute Gasteiger partial charge is 0.496 e. The highest BCUT2D eigenvalue weighted by Crippen LogP contribution is 2.16. The second-order valence-electron chi connectivity index (χ2n) is 5.16. The van der Waals surface area contributed by atoms with Gasteiger partial charge in [0.25, 0.3) is 0 Å². The number of carboxylic acids is 1. The van der Waals surface area contributed by atoms with Crippen LogP contribution in [-0.2, 0) is 4.79 Å². The van der Waals surface area contributed by atoms with E-state index in [1.165, 1.54) is 0 Å². The summed E-state index contributed by atoms with van der Waals surface area (Å²) in [6.45, 7) is 2.03. The number of piperidine rings is 1. The number of ether oxygens (including phenoxy) is 1. The minimum Gasteiger partial charge on any atom is -0.496 e. The number of hydrogen-bond acceptors (Lipinski definition) is 5. The maximum Gasteiger partial charge on any atom is 0.307 e. The molecule has 0 saturated carbocycles. The van der Waals surface area contributed by atoms with Gasteiger partial charge in [0.2, 0.25) is 0 Å². The van der Waals surface area contributed by atoms with Gasteiger partial charge in [-0.3, -0.25) is 4.79 Å². The second kappa shape index (κ2) is 7.64. The number of carbonyl (C=O) groups is 1. The molecule has 3 N–H and O–H groups in total. The quantitative estimate of drug-likeness (QED) is 0.536. The van der Waals surface area contributed by atoms with Gasteiger partial charge in [-0.2, -0.15) is 5.10 Å². The van der Waals surface area contributed by atoms with Crippen molar-refractivity contribution in [2.45, 2.75) is 6.42 Å². The van der Waals surface area contributed by atoms with E-state index < -0.39 is 5.97 Å². The van der Waals surface area contributed by atoms with Crippen molar-refractivity contribution >= 4 is 12.2 Å². The number of para-hydroxylation sites is 1. The van der Waals surface area contributed by atoms with Crippen LogP contribution < -0.4 is 15.5 Å². The Hall–Kier alpha value is -2.08. The van der Waals surface area contributed by atoms with Gasteiger partial charge in [0.1, 0.15) is 5.75 Å². The molecule has 0 aromatic heterocycles. The third kappa shape index (κ3) is 4.46. The fourth-order valence-electron chi connectivity index (χ4n) is 2.44. The maximum atomic E-state index is 11.0. The first-order valence-corrected chi connectivity index (χ1v) is 7.03. The number of nitrogens with zero attached hydrogens (tertiary/aromatic N) is 1. The fourth-order valence-corrected chi connectivity index (χ4v) is 2.44. The van der Waals surface area contributed by atoms with Crippen LogP contribution in [0.15, 0.2) is 29.4 Å². The van der Waals surface area contributed by atoms with Crippen molar-refractivity contribution in [1.29, 1.82) is 0 Å². The first kappa shape index (κ1) is 15.3. The van der Waals surface area contributed by atoms with Gasteiger partial charge in [0, 0.05) is 18.7 Å². The number of benzene rings is 1. The third-order valence-electron chi connectivity index (χ3n) is 3.60. The first-order valence-electron chi connectivity index (χ1n) is 7.03. The molecule has 2 atom stereocenters. The summed E-state index contributed by atoms with van der Waals surface area (Å²) in [6, 6.07) is 7.63. The van der Waals surface area contributed by atoms with Crippen molar-refractivity contribution in [2.75, 3.05) is 26.7 Å². The molecule has 0 aliphatic carbocycles. The van der Waals surface area contributed by atoms with Crippen molar-refractivity contribution in [3.63, 3.8) is 0 Å². The molecule has 6 heteroatoms. The molecular formula is C15H21N3O3. The lowest BCUT2D eigenvalue weighted by molar-refractivity contribution is -0.142. The van der Waals surface area contributed by atoms with E-state index in [4.69, 9.17) is 9.84 Å². The maximum absolute atomic E-state index is 11.0. The Morgan fingerprint density at radius 3 is 3.10 bits per heavy atom. The van der Waals surface area contributed by atoms with Gasteiger partial charge in [0.05, 0.1) is 19.2 Å². The van der Waals surface area contributed by atoms with E-state index in [1.54, 1.807) is 13.3 Å². The summed E-state index contributed by atoms with van der Waals surface area (Å²) >= 11 is 0. The lowest BCUT2D eigenvalue weighted by Crippen LogP contribution is -2.42. The molecule has 21 heavy (non-hydrogen) atoms. The van der Waals surface area contributed by atoms with E-state index in [1.807, 2.05) is 24.3 Å². The summed E-state index contributed by atoms with van der Waals surface area (Å²) in [5.41, 5.74) is 3.90. The summed E-state index contributed by atoms with van der Waals surface area (Å²) in [7, 11) is 1.62. The molecule has 0 amide bonds. The summed E-state index contributed by atoms with van der Waals surface area (Å²) < 4.78 is 5.24. The summed E-state index contributed by atoms with van der Waals surface area (Å²) in [5.74, 6) is 0.0106. The normalized spacial score (nSPS) is 22.1. The Bertz CT molecular complexity index is 505. The van der Waals surface area contributed by atoms with Gasteiger partial charge in [-0.15, -0.1) is 0 Å². The number of hydrazone groups is 1. The molecule has 0 unspecified atom stereocenters. The molecule has 1 heterocycles. The zero-order valence-electron chi connectivity index (χ0n) is 12.1. The predicted octanol–water partition coefficient (Wildman–Crippen LogP) is 0.929. The van der Waals surface area contributed by atoms with Gasteiger partial charge >= 0.3 is 5.97 Å². The minimum absolute atomic E-state index is 0.273. The molecule has 1 saturated heterocycles.